The van der Waals surface area contributed by atoms with Crippen molar-refractivity contribution >= 4 is 11.6 Å². The first-order valence-corrected chi connectivity index (χ1v) is 10.7. The molecule has 1 aromatic heterocycles. The molecule has 1 aliphatic rings. The highest BCUT2D eigenvalue weighted by Gasteiger charge is 2.21. The Labute approximate surface area is 179 Å². The van der Waals surface area contributed by atoms with Gasteiger partial charge in [-0.25, -0.2) is 4.68 Å². The van der Waals surface area contributed by atoms with E-state index in [1.165, 1.54) is 0 Å². The minimum atomic E-state index is -0.114. The topological polar surface area (TPSA) is 68.2 Å². The van der Waals surface area contributed by atoms with Gasteiger partial charge in [-0.3, -0.25) is 4.79 Å². The fourth-order valence-corrected chi connectivity index (χ4v) is 3.83. The number of nitrogens with one attached hydrogen (secondary N) is 2. The van der Waals surface area contributed by atoms with E-state index in [9.17, 15) is 4.79 Å². The van der Waals surface area contributed by atoms with Crippen LogP contribution in [0.15, 0.2) is 43.0 Å². The zero-order chi connectivity index (χ0) is 21.5. The molecule has 0 radical (unpaired) electrons. The number of benzene rings is 1. The molecule has 1 aromatic carbocycles. The Kier molecular flexibility index (Phi) is 7.46. The van der Waals surface area contributed by atoms with Crippen molar-refractivity contribution in [1.82, 2.24) is 20.4 Å². The third kappa shape index (κ3) is 4.82. The molecule has 30 heavy (non-hydrogen) atoms. The molecule has 0 atom stereocenters. The monoisotopic (exact) mass is 408 g/mol. The summed E-state index contributed by atoms with van der Waals surface area (Å²) in [6.07, 6.45) is 7.20. The largest absolute Gasteiger partial charge is 0.496 e. The lowest BCUT2D eigenvalue weighted by atomic mass is 10.0. The number of hydrogen-bond donors (Lipinski definition) is 2. The van der Waals surface area contributed by atoms with Crippen LogP contribution < -0.4 is 15.4 Å². The summed E-state index contributed by atoms with van der Waals surface area (Å²) in [6.45, 7) is 9.92. The van der Waals surface area contributed by atoms with E-state index in [1.807, 2.05) is 29.0 Å². The summed E-state index contributed by atoms with van der Waals surface area (Å²) in [5, 5.41) is 11.1. The molecule has 2 N–H and O–H groups in total. The summed E-state index contributed by atoms with van der Waals surface area (Å²) >= 11 is 0. The smallest absolute Gasteiger partial charge is 0.272 e. The Morgan fingerprint density at radius 2 is 2.07 bits per heavy atom. The number of piperidine rings is 1. The second kappa shape index (κ2) is 10.3. The van der Waals surface area contributed by atoms with Crippen molar-refractivity contribution < 1.29 is 9.53 Å². The fraction of sp³-hybridized carbons (Fsp3) is 0.417. The van der Waals surface area contributed by atoms with Gasteiger partial charge < -0.3 is 15.4 Å². The number of rotatable bonds is 8. The van der Waals surface area contributed by atoms with E-state index in [4.69, 9.17) is 4.74 Å². The van der Waals surface area contributed by atoms with E-state index in [-0.39, 0.29) is 11.9 Å². The maximum Gasteiger partial charge on any atom is 0.272 e. The second-order valence-electron chi connectivity index (χ2n) is 7.45. The lowest BCUT2D eigenvalue weighted by Gasteiger charge is -2.23. The second-order valence-corrected chi connectivity index (χ2v) is 7.45. The van der Waals surface area contributed by atoms with E-state index in [1.54, 1.807) is 13.2 Å². The number of carbonyl (C=O) groups excluding carboxylic acids is 1. The number of methoxy groups -OCH3 is 1. The minimum absolute atomic E-state index is 0.114. The van der Waals surface area contributed by atoms with Crippen LogP contribution in [0.1, 0.15) is 54.0 Å². The molecule has 160 valence electrons. The molecule has 6 nitrogen and oxygen atoms in total. The van der Waals surface area contributed by atoms with Crippen LogP contribution in [0.25, 0.3) is 5.70 Å². The van der Waals surface area contributed by atoms with Crippen LogP contribution in [0, 0.1) is 0 Å². The van der Waals surface area contributed by atoms with Crippen molar-refractivity contribution in [3.8, 4) is 5.75 Å². The van der Waals surface area contributed by atoms with Crippen LogP contribution in [0.3, 0.4) is 0 Å². The van der Waals surface area contributed by atoms with E-state index >= 15 is 0 Å². The molecule has 2 aromatic rings. The zero-order valence-corrected chi connectivity index (χ0v) is 18.2. The molecule has 3 rings (SSSR count). The molecule has 0 aliphatic carbocycles. The molecule has 6 heteroatoms. The number of amides is 1. The van der Waals surface area contributed by atoms with Crippen LogP contribution in [0.2, 0.25) is 0 Å². The Hall–Kier alpha value is -2.86. The summed E-state index contributed by atoms with van der Waals surface area (Å²) in [5.41, 5.74) is 4.45. The van der Waals surface area contributed by atoms with Crippen molar-refractivity contribution in [2.45, 2.75) is 45.6 Å². The lowest BCUT2D eigenvalue weighted by Crippen LogP contribution is -2.42. The molecule has 1 aliphatic heterocycles. The van der Waals surface area contributed by atoms with Gasteiger partial charge in [-0.05, 0) is 74.7 Å². The normalized spacial score (nSPS) is 15.1. The van der Waals surface area contributed by atoms with E-state index in [2.05, 4.69) is 42.2 Å². The van der Waals surface area contributed by atoms with Crippen molar-refractivity contribution in [2.24, 2.45) is 0 Å². The molecule has 0 saturated carbocycles. The molecular formula is C24H32N4O2. The van der Waals surface area contributed by atoms with Gasteiger partial charge in [0.1, 0.15) is 5.75 Å². The molecule has 0 spiro atoms. The summed E-state index contributed by atoms with van der Waals surface area (Å²) in [4.78, 5) is 12.8. The molecule has 1 amide bonds. The maximum absolute atomic E-state index is 12.8. The Morgan fingerprint density at radius 1 is 1.30 bits per heavy atom. The zero-order valence-electron chi connectivity index (χ0n) is 18.2. The number of aryl methyl sites for hydroxylation is 2. The first-order chi connectivity index (χ1) is 14.6. The Balaban J connectivity index is 1.94. The fourth-order valence-electron chi connectivity index (χ4n) is 3.83. The molecule has 1 saturated heterocycles. The quantitative estimate of drug-likeness (QED) is 0.655. The van der Waals surface area contributed by atoms with Crippen LogP contribution in [0.5, 0.6) is 5.75 Å². The summed E-state index contributed by atoms with van der Waals surface area (Å²) < 4.78 is 7.33. The van der Waals surface area contributed by atoms with E-state index in [0.717, 1.165) is 67.0 Å². The van der Waals surface area contributed by atoms with Gasteiger partial charge in [0.05, 0.1) is 12.8 Å². The minimum Gasteiger partial charge on any atom is -0.496 e. The third-order valence-corrected chi connectivity index (χ3v) is 5.51. The predicted octanol–water partition coefficient (Wildman–Crippen LogP) is 3.57. The van der Waals surface area contributed by atoms with E-state index < -0.39 is 0 Å². The summed E-state index contributed by atoms with van der Waals surface area (Å²) in [6, 6.07) is 8.20. The van der Waals surface area contributed by atoms with Crippen molar-refractivity contribution in [2.75, 3.05) is 20.2 Å². The van der Waals surface area contributed by atoms with Gasteiger partial charge in [0.2, 0.25) is 0 Å². The predicted molar refractivity (Wildman–Crippen MR) is 121 cm³/mol. The number of hydrogen-bond acceptors (Lipinski definition) is 4. The van der Waals surface area contributed by atoms with Crippen molar-refractivity contribution in [3.63, 3.8) is 0 Å². The Morgan fingerprint density at radius 3 is 2.70 bits per heavy atom. The summed E-state index contributed by atoms with van der Waals surface area (Å²) in [5.74, 6) is 0.759. The molecule has 0 unspecified atom stereocenters. The maximum atomic E-state index is 12.8. The first kappa shape index (κ1) is 21.8. The van der Waals surface area contributed by atoms with Crippen LogP contribution in [-0.4, -0.2) is 41.9 Å². The SMILES string of the molecule is C=C/C=C(/c1ccc(OC)c(CC)c1)n1nc(C(=O)NC2CCNCC2)cc1CC. The standard InChI is InChI=1S/C24H32N4O2/c1-5-8-22(18-9-10-23(30-4)17(6-2)15-18)28-20(7-3)16-21(27-28)24(29)26-19-11-13-25-14-12-19/h5,8-10,15-16,19,25H,1,6-7,11-14H2,2-4H3,(H,26,29)/b22-8-. The number of carbonyl (C=O) groups is 1. The van der Waals surface area contributed by atoms with Crippen molar-refractivity contribution in [3.05, 3.63) is 65.5 Å². The van der Waals surface area contributed by atoms with Gasteiger partial charge in [0, 0.05) is 17.3 Å². The number of allylic oxidation sites excluding steroid dienone is 2. The molecular weight excluding hydrogens is 376 g/mol. The van der Waals surface area contributed by atoms with Crippen LogP contribution in [-0.2, 0) is 12.8 Å². The highest BCUT2D eigenvalue weighted by molar-refractivity contribution is 5.93. The van der Waals surface area contributed by atoms with Gasteiger partial charge in [-0.2, -0.15) is 5.10 Å². The first-order valence-electron chi connectivity index (χ1n) is 10.7. The Bertz CT molecular complexity index is 923. The van der Waals surface area contributed by atoms with Gasteiger partial charge in [0.25, 0.3) is 5.91 Å². The van der Waals surface area contributed by atoms with E-state index in [0.29, 0.717) is 5.69 Å². The highest BCUT2D eigenvalue weighted by Crippen LogP contribution is 2.27. The van der Waals surface area contributed by atoms with Crippen LogP contribution >= 0.6 is 0 Å². The van der Waals surface area contributed by atoms with Crippen molar-refractivity contribution in [1.29, 1.82) is 0 Å². The average molecular weight is 409 g/mol. The lowest BCUT2D eigenvalue weighted by molar-refractivity contribution is 0.0924. The summed E-state index contributed by atoms with van der Waals surface area (Å²) in [7, 11) is 1.69. The number of aromatic nitrogens is 2. The van der Waals surface area contributed by atoms with Gasteiger partial charge in [-0.15, -0.1) is 0 Å². The average Bonchev–Trinajstić information content (AvgIpc) is 3.22. The third-order valence-electron chi connectivity index (χ3n) is 5.51. The number of ether oxygens (including phenoxy) is 1. The van der Waals surface area contributed by atoms with Gasteiger partial charge in [-0.1, -0.05) is 26.5 Å². The van der Waals surface area contributed by atoms with Gasteiger partial charge in [0.15, 0.2) is 5.69 Å². The molecule has 2 heterocycles. The van der Waals surface area contributed by atoms with Crippen LogP contribution in [0.4, 0.5) is 0 Å². The molecule has 0 bridgehead atoms. The van der Waals surface area contributed by atoms with Gasteiger partial charge >= 0.3 is 0 Å². The number of nitrogens with zero attached hydrogens (tertiary/aromatic N) is 2. The molecule has 1 fully saturated rings. The highest BCUT2D eigenvalue weighted by atomic mass is 16.5.